The lowest BCUT2D eigenvalue weighted by Crippen LogP contribution is -2.36. The molecule has 0 amide bonds. The third-order valence-corrected chi connectivity index (χ3v) is 6.12. The van der Waals surface area contributed by atoms with E-state index in [0.717, 1.165) is 30.0 Å². The van der Waals surface area contributed by atoms with Crippen LogP contribution in [0, 0.1) is 0 Å². The van der Waals surface area contributed by atoms with Crippen molar-refractivity contribution in [1.29, 1.82) is 0 Å². The number of nitrogens with zero attached hydrogens (tertiary/aromatic N) is 3. The Morgan fingerprint density at radius 3 is 2.71 bits per heavy atom. The van der Waals surface area contributed by atoms with Crippen LogP contribution < -0.4 is 9.64 Å². The van der Waals surface area contributed by atoms with Gasteiger partial charge in [0.2, 0.25) is 0 Å². The minimum atomic E-state index is -0.0935. The highest BCUT2D eigenvalue weighted by molar-refractivity contribution is 5.72. The van der Waals surface area contributed by atoms with Crippen molar-refractivity contribution in [3.63, 3.8) is 0 Å². The summed E-state index contributed by atoms with van der Waals surface area (Å²) >= 11 is 0. The summed E-state index contributed by atoms with van der Waals surface area (Å²) < 4.78 is 6.20. The molecule has 28 heavy (non-hydrogen) atoms. The molecule has 1 atom stereocenters. The summed E-state index contributed by atoms with van der Waals surface area (Å²) in [6.45, 7) is 5.06. The van der Waals surface area contributed by atoms with Crippen LogP contribution in [0.2, 0.25) is 0 Å². The maximum absolute atomic E-state index is 6.20. The van der Waals surface area contributed by atoms with Gasteiger partial charge in [-0.15, -0.1) is 0 Å². The van der Waals surface area contributed by atoms with Crippen LogP contribution in [0.15, 0.2) is 61.2 Å². The van der Waals surface area contributed by atoms with E-state index < -0.39 is 0 Å². The number of anilines is 1. The van der Waals surface area contributed by atoms with Crippen LogP contribution in [0.3, 0.4) is 0 Å². The van der Waals surface area contributed by atoms with E-state index >= 15 is 0 Å². The van der Waals surface area contributed by atoms with Crippen molar-refractivity contribution >= 4 is 5.69 Å². The fourth-order valence-corrected chi connectivity index (χ4v) is 4.69. The van der Waals surface area contributed by atoms with Crippen LogP contribution in [0.5, 0.6) is 5.75 Å². The van der Waals surface area contributed by atoms with Crippen molar-refractivity contribution in [3.05, 3.63) is 72.3 Å². The second-order valence-electron chi connectivity index (χ2n) is 7.85. The molecule has 1 aromatic heterocycles. The summed E-state index contributed by atoms with van der Waals surface area (Å²) in [7, 11) is 0. The van der Waals surface area contributed by atoms with Crippen molar-refractivity contribution in [2.24, 2.45) is 0 Å². The molecule has 0 N–H and O–H groups in total. The molecule has 5 rings (SSSR count). The fraction of sp³-hybridized carbons (Fsp3) is 0.333. The Morgan fingerprint density at radius 2 is 1.86 bits per heavy atom. The topological polar surface area (TPSA) is 38.2 Å². The Balaban J connectivity index is 1.57. The van der Waals surface area contributed by atoms with Crippen LogP contribution in [-0.4, -0.2) is 29.7 Å². The average molecular weight is 371 g/mol. The minimum absolute atomic E-state index is 0.0935. The highest BCUT2D eigenvalue weighted by Gasteiger charge is 2.49. The van der Waals surface area contributed by atoms with Gasteiger partial charge in [-0.25, -0.2) is 9.97 Å². The summed E-state index contributed by atoms with van der Waals surface area (Å²) in [4.78, 5) is 10.9. The molecule has 0 saturated carbocycles. The van der Waals surface area contributed by atoms with E-state index in [9.17, 15) is 0 Å². The predicted molar refractivity (Wildman–Crippen MR) is 112 cm³/mol. The number of para-hydroxylation sites is 1. The maximum Gasteiger partial charge on any atom is 0.123 e. The normalized spacial score (nSPS) is 19.5. The summed E-state index contributed by atoms with van der Waals surface area (Å²) in [6.07, 6.45) is 9.07. The molecule has 0 aliphatic carbocycles. The number of benzene rings is 2. The lowest BCUT2D eigenvalue weighted by molar-refractivity contribution is 0.299. The molecule has 0 saturated heterocycles. The SMILES string of the molecule is CCCCCN1CC2(COc3ccc(-c4cncnc4)cc32)c2ccccc21. The van der Waals surface area contributed by atoms with Gasteiger partial charge in [0, 0.05) is 42.3 Å². The Morgan fingerprint density at radius 1 is 1.00 bits per heavy atom. The zero-order valence-electron chi connectivity index (χ0n) is 16.3. The molecule has 3 heterocycles. The smallest absolute Gasteiger partial charge is 0.123 e. The Bertz CT molecular complexity index is 988. The summed E-state index contributed by atoms with van der Waals surface area (Å²) in [5.41, 5.74) is 6.14. The van der Waals surface area contributed by atoms with Crippen LogP contribution >= 0.6 is 0 Å². The van der Waals surface area contributed by atoms with Gasteiger partial charge in [0.1, 0.15) is 18.7 Å². The van der Waals surface area contributed by atoms with Crippen LogP contribution in [0.1, 0.15) is 37.3 Å². The van der Waals surface area contributed by atoms with Gasteiger partial charge in [-0.05, 0) is 35.7 Å². The van der Waals surface area contributed by atoms with E-state index in [1.165, 1.54) is 36.1 Å². The van der Waals surface area contributed by atoms with Gasteiger partial charge in [0.15, 0.2) is 0 Å². The third-order valence-electron chi connectivity index (χ3n) is 6.12. The standard InChI is InChI=1S/C24H25N3O/c1-2-3-6-11-27-15-24(20-7-4-5-8-22(20)27)16-28-23-10-9-18(12-21(23)24)19-13-25-17-26-14-19/h4-5,7-10,12-14,17H,2-3,6,11,15-16H2,1H3. The number of unbranched alkanes of at least 4 members (excludes halogenated alkanes) is 2. The van der Waals surface area contributed by atoms with Crippen LogP contribution in [0.4, 0.5) is 5.69 Å². The number of ether oxygens (including phenoxy) is 1. The molecule has 4 heteroatoms. The quantitative estimate of drug-likeness (QED) is 0.602. The monoisotopic (exact) mass is 371 g/mol. The van der Waals surface area contributed by atoms with Gasteiger partial charge in [-0.1, -0.05) is 44.0 Å². The number of hydrogen-bond donors (Lipinski definition) is 0. The molecular formula is C24H25N3O. The largest absolute Gasteiger partial charge is 0.492 e. The van der Waals surface area contributed by atoms with Gasteiger partial charge < -0.3 is 9.64 Å². The molecular weight excluding hydrogens is 346 g/mol. The zero-order valence-corrected chi connectivity index (χ0v) is 16.3. The first-order valence-electron chi connectivity index (χ1n) is 10.2. The van der Waals surface area contributed by atoms with Gasteiger partial charge in [-0.3, -0.25) is 0 Å². The number of hydrogen-bond acceptors (Lipinski definition) is 4. The second-order valence-corrected chi connectivity index (χ2v) is 7.85. The lowest BCUT2D eigenvalue weighted by Gasteiger charge is -2.25. The first-order valence-corrected chi connectivity index (χ1v) is 10.2. The summed E-state index contributed by atoms with van der Waals surface area (Å²) in [6, 6.07) is 15.4. The van der Waals surface area contributed by atoms with Gasteiger partial charge in [0.05, 0.1) is 5.41 Å². The first-order chi connectivity index (χ1) is 13.8. The van der Waals surface area contributed by atoms with Crippen molar-refractivity contribution in [1.82, 2.24) is 9.97 Å². The average Bonchev–Trinajstić information content (AvgIpc) is 3.28. The predicted octanol–water partition coefficient (Wildman–Crippen LogP) is 4.83. The summed E-state index contributed by atoms with van der Waals surface area (Å²) in [5.74, 6) is 1.01. The molecule has 142 valence electrons. The van der Waals surface area contributed by atoms with E-state index in [-0.39, 0.29) is 5.41 Å². The molecule has 3 aromatic rings. The highest BCUT2D eigenvalue weighted by Crippen LogP contribution is 2.52. The van der Waals surface area contributed by atoms with Crippen molar-refractivity contribution in [2.45, 2.75) is 31.6 Å². The summed E-state index contributed by atoms with van der Waals surface area (Å²) in [5, 5.41) is 0. The lowest BCUT2D eigenvalue weighted by atomic mass is 9.77. The molecule has 0 fully saturated rings. The third kappa shape index (κ3) is 2.67. The number of rotatable bonds is 5. The molecule has 1 unspecified atom stereocenters. The van der Waals surface area contributed by atoms with E-state index in [1.54, 1.807) is 6.33 Å². The molecule has 0 radical (unpaired) electrons. The zero-order chi connectivity index (χ0) is 19.0. The van der Waals surface area contributed by atoms with Gasteiger partial charge in [-0.2, -0.15) is 0 Å². The Labute approximate surface area is 166 Å². The fourth-order valence-electron chi connectivity index (χ4n) is 4.69. The molecule has 2 aliphatic heterocycles. The minimum Gasteiger partial charge on any atom is -0.492 e. The molecule has 1 spiro atoms. The second kappa shape index (κ2) is 6.93. The van der Waals surface area contributed by atoms with E-state index in [4.69, 9.17) is 4.74 Å². The number of aromatic nitrogens is 2. The Hall–Kier alpha value is -2.88. The van der Waals surface area contributed by atoms with Crippen LogP contribution in [-0.2, 0) is 5.41 Å². The van der Waals surface area contributed by atoms with Crippen molar-refractivity contribution in [3.8, 4) is 16.9 Å². The molecule has 4 nitrogen and oxygen atoms in total. The maximum atomic E-state index is 6.20. The van der Waals surface area contributed by atoms with Crippen LogP contribution in [0.25, 0.3) is 11.1 Å². The van der Waals surface area contributed by atoms with Crippen molar-refractivity contribution < 1.29 is 4.74 Å². The molecule has 2 aromatic carbocycles. The van der Waals surface area contributed by atoms with Gasteiger partial charge >= 0.3 is 0 Å². The van der Waals surface area contributed by atoms with Gasteiger partial charge in [0.25, 0.3) is 0 Å². The van der Waals surface area contributed by atoms with Crippen molar-refractivity contribution in [2.75, 3.05) is 24.6 Å². The van der Waals surface area contributed by atoms with E-state index in [1.807, 2.05) is 12.4 Å². The number of fused-ring (bicyclic) bond motifs is 4. The van der Waals surface area contributed by atoms with E-state index in [2.05, 4.69) is 64.3 Å². The molecule has 2 aliphatic rings. The van der Waals surface area contributed by atoms with E-state index in [0.29, 0.717) is 6.61 Å². The Kier molecular flexibility index (Phi) is 4.27. The highest BCUT2D eigenvalue weighted by atomic mass is 16.5. The first kappa shape index (κ1) is 17.2. The molecule has 0 bridgehead atoms.